The molecule has 0 saturated carbocycles. The lowest BCUT2D eigenvalue weighted by molar-refractivity contribution is -0.121. The van der Waals surface area contributed by atoms with Crippen molar-refractivity contribution in [3.63, 3.8) is 0 Å². The van der Waals surface area contributed by atoms with Crippen LogP contribution in [0.15, 0.2) is 28.0 Å². The maximum atomic E-state index is 12.5. The van der Waals surface area contributed by atoms with Crippen LogP contribution in [0.3, 0.4) is 0 Å². The number of nitrogens with one attached hydrogen (secondary N) is 1. The Balaban J connectivity index is 2.23. The maximum Gasteiger partial charge on any atom is 0.251 e. The first-order valence-electron chi connectivity index (χ1n) is 7.42. The van der Waals surface area contributed by atoms with Gasteiger partial charge in [-0.3, -0.25) is 9.59 Å². The van der Waals surface area contributed by atoms with Crippen molar-refractivity contribution in [3.05, 3.63) is 28.7 Å². The van der Waals surface area contributed by atoms with Gasteiger partial charge < -0.3 is 9.88 Å². The predicted molar refractivity (Wildman–Crippen MR) is 82.0 cm³/mol. The largest absolute Gasteiger partial charge is 0.355 e. The molecule has 1 N–H and O–H groups in total. The SMILES string of the molecule is CCCNC(=O)Cn1cc(S(=O)(=O)N2CCCC2)ccc1=O. The van der Waals surface area contributed by atoms with Crippen molar-refractivity contribution < 1.29 is 13.2 Å². The number of amides is 1. The quantitative estimate of drug-likeness (QED) is 0.806. The Kier molecular flexibility index (Phi) is 5.36. The van der Waals surface area contributed by atoms with Crippen molar-refractivity contribution in [2.75, 3.05) is 19.6 Å². The molecule has 8 heteroatoms. The van der Waals surface area contributed by atoms with Crippen molar-refractivity contribution in [3.8, 4) is 0 Å². The highest BCUT2D eigenvalue weighted by atomic mass is 32.2. The molecule has 7 nitrogen and oxygen atoms in total. The lowest BCUT2D eigenvalue weighted by atomic mass is 10.4. The van der Waals surface area contributed by atoms with E-state index in [9.17, 15) is 18.0 Å². The zero-order chi connectivity index (χ0) is 16.2. The van der Waals surface area contributed by atoms with Crippen molar-refractivity contribution in [1.82, 2.24) is 14.2 Å². The first-order chi connectivity index (χ1) is 10.4. The highest BCUT2D eigenvalue weighted by Crippen LogP contribution is 2.19. The molecule has 0 aromatic carbocycles. The maximum absolute atomic E-state index is 12.5. The van der Waals surface area contributed by atoms with E-state index in [1.807, 2.05) is 6.92 Å². The van der Waals surface area contributed by atoms with Gasteiger partial charge in [0.1, 0.15) is 6.54 Å². The number of nitrogens with zero attached hydrogens (tertiary/aromatic N) is 2. The van der Waals surface area contributed by atoms with Gasteiger partial charge in [0, 0.05) is 31.9 Å². The molecule has 1 aromatic heterocycles. The van der Waals surface area contributed by atoms with Crippen LogP contribution in [0.4, 0.5) is 0 Å². The monoisotopic (exact) mass is 327 g/mol. The average Bonchev–Trinajstić information content (AvgIpc) is 3.02. The molecule has 1 aromatic rings. The van der Waals surface area contributed by atoms with Crippen LogP contribution in [0, 0.1) is 0 Å². The summed E-state index contributed by atoms with van der Waals surface area (Å²) in [5, 5.41) is 2.66. The van der Waals surface area contributed by atoms with Crippen LogP contribution in [0.25, 0.3) is 0 Å². The summed E-state index contributed by atoms with van der Waals surface area (Å²) in [4.78, 5) is 23.6. The first-order valence-corrected chi connectivity index (χ1v) is 8.86. The van der Waals surface area contributed by atoms with Crippen molar-refractivity contribution >= 4 is 15.9 Å². The van der Waals surface area contributed by atoms with E-state index in [2.05, 4.69) is 5.32 Å². The molecule has 1 amide bonds. The molecule has 0 atom stereocenters. The number of aromatic nitrogens is 1. The standard InChI is InChI=1S/C14H21N3O4S/c1-2-7-15-13(18)11-16-10-12(5-6-14(16)19)22(20,21)17-8-3-4-9-17/h5-6,10H,2-4,7-9,11H2,1H3,(H,15,18). The summed E-state index contributed by atoms with van der Waals surface area (Å²) in [6.07, 6.45) is 3.74. The van der Waals surface area contributed by atoms with Gasteiger partial charge in [-0.05, 0) is 25.3 Å². The Labute approximate surface area is 130 Å². The van der Waals surface area contributed by atoms with E-state index in [1.54, 1.807) is 0 Å². The van der Waals surface area contributed by atoms with Crippen LogP contribution in [-0.2, 0) is 21.4 Å². The lowest BCUT2D eigenvalue weighted by Crippen LogP contribution is -2.33. The van der Waals surface area contributed by atoms with Crippen molar-refractivity contribution in [2.24, 2.45) is 0 Å². The first kappa shape index (κ1) is 16.7. The number of pyridine rings is 1. The molecule has 1 aliphatic rings. The highest BCUT2D eigenvalue weighted by molar-refractivity contribution is 7.89. The third kappa shape index (κ3) is 3.75. The molecule has 2 heterocycles. The fourth-order valence-electron chi connectivity index (χ4n) is 2.34. The van der Waals surface area contributed by atoms with E-state index in [1.165, 1.54) is 22.6 Å². The van der Waals surface area contributed by atoms with E-state index >= 15 is 0 Å². The Morgan fingerprint density at radius 3 is 2.59 bits per heavy atom. The van der Waals surface area contributed by atoms with Crippen LogP contribution in [0.1, 0.15) is 26.2 Å². The third-order valence-corrected chi connectivity index (χ3v) is 5.43. The zero-order valence-electron chi connectivity index (χ0n) is 12.6. The van der Waals surface area contributed by atoms with Crippen LogP contribution in [-0.4, -0.2) is 42.8 Å². The Morgan fingerprint density at radius 2 is 1.95 bits per heavy atom. The molecule has 2 rings (SSSR count). The van der Waals surface area contributed by atoms with Gasteiger partial charge in [0.15, 0.2) is 0 Å². The highest BCUT2D eigenvalue weighted by Gasteiger charge is 2.27. The fraction of sp³-hybridized carbons (Fsp3) is 0.571. The van der Waals surface area contributed by atoms with E-state index in [-0.39, 0.29) is 17.3 Å². The van der Waals surface area contributed by atoms with E-state index in [4.69, 9.17) is 0 Å². The molecule has 0 bridgehead atoms. The van der Waals surface area contributed by atoms with Gasteiger partial charge in [0.25, 0.3) is 5.56 Å². The predicted octanol–water partition coefficient (Wildman–Crippen LogP) is 0.159. The summed E-state index contributed by atoms with van der Waals surface area (Å²) in [5.74, 6) is -0.306. The Hall–Kier alpha value is -1.67. The molecule has 0 spiro atoms. The summed E-state index contributed by atoms with van der Waals surface area (Å²) in [6.45, 7) is 3.27. The summed E-state index contributed by atoms with van der Waals surface area (Å²) < 4.78 is 27.5. The number of hydrogen-bond donors (Lipinski definition) is 1. The summed E-state index contributed by atoms with van der Waals surface area (Å²) in [7, 11) is -3.59. The fourth-order valence-corrected chi connectivity index (χ4v) is 3.88. The van der Waals surface area contributed by atoms with Crippen LogP contribution in [0.2, 0.25) is 0 Å². The summed E-state index contributed by atoms with van der Waals surface area (Å²) in [5.41, 5.74) is -0.396. The lowest BCUT2D eigenvalue weighted by Gasteiger charge is -2.16. The van der Waals surface area contributed by atoms with Crippen molar-refractivity contribution in [2.45, 2.75) is 37.6 Å². The van der Waals surface area contributed by atoms with Gasteiger partial charge in [-0.25, -0.2) is 8.42 Å². The zero-order valence-corrected chi connectivity index (χ0v) is 13.4. The number of rotatable bonds is 6. The smallest absolute Gasteiger partial charge is 0.251 e. The van der Waals surface area contributed by atoms with E-state index in [0.717, 1.165) is 23.8 Å². The number of sulfonamides is 1. The van der Waals surface area contributed by atoms with Crippen molar-refractivity contribution in [1.29, 1.82) is 0 Å². The molecular weight excluding hydrogens is 306 g/mol. The van der Waals surface area contributed by atoms with Gasteiger partial charge in [-0.2, -0.15) is 4.31 Å². The summed E-state index contributed by atoms with van der Waals surface area (Å²) in [6, 6.07) is 2.49. The molecule has 1 aliphatic heterocycles. The second kappa shape index (κ2) is 7.06. The van der Waals surface area contributed by atoms with Crippen LogP contribution >= 0.6 is 0 Å². The molecular formula is C14H21N3O4S. The summed E-state index contributed by atoms with van der Waals surface area (Å²) >= 11 is 0. The topological polar surface area (TPSA) is 88.5 Å². The van der Waals surface area contributed by atoms with Gasteiger partial charge in [0.05, 0.1) is 4.90 Å². The Bertz CT molecular complexity index is 690. The molecule has 1 fully saturated rings. The third-order valence-electron chi connectivity index (χ3n) is 3.55. The van der Waals surface area contributed by atoms with Crippen LogP contribution < -0.4 is 10.9 Å². The normalized spacial score (nSPS) is 15.9. The minimum absolute atomic E-state index is 0.0530. The average molecular weight is 327 g/mol. The number of carbonyl (C=O) groups excluding carboxylic acids is 1. The number of hydrogen-bond acceptors (Lipinski definition) is 4. The van der Waals surface area contributed by atoms with E-state index < -0.39 is 15.6 Å². The molecule has 122 valence electrons. The number of carbonyl (C=O) groups is 1. The second-order valence-electron chi connectivity index (χ2n) is 5.29. The minimum atomic E-state index is -3.59. The molecule has 1 saturated heterocycles. The second-order valence-corrected chi connectivity index (χ2v) is 7.23. The van der Waals surface area contributed by atoms with Gasteiger partial charge in [-0.1, -0.05) is 6.92 Å². The molecule has 22 heavy (non-hydrogen) atoms. The van der Waals surface area contributed by atoms with E-state index in [0.29, 0.717) is 19.6 Å². The Morgan fingerprint density at radius 1 is 1.27 bits per heavy atom. The molecule has 0 radical (unpaired) electrons. The van der Waals surface area contributed by atoms with Crippen LogP contribution in [0.5, 0.6) is 0 Å². The molecule has 0 unspecified atom stereocenters. The van der Waals surface area contributed by atoms with Gasteiger partial charge in [0.2, 0.25) is 15.9 Å². The van der Waals surface area contributed by atoms with Gasteiger partial charge in [-0.15, -0.1) is 0 Å². The van der Waals surface area contributed by atoms with Gasteiger partial charge >= 0.3 is 0 Å². The molecule has 0 aliphatic carbocycles. The minimum Gasteiger partial charge on any atom is -0.355 e.